The van der Waals surface area contributed by atoms with Crippen molar-refractivity contribution in [1.29, 1.82) is 0 Å². The first-order valence-electron chi connectivity index (χ1n) is 7.53. The van der Waals surface area contributed by atoms with Crippen LogP contribution in [0.25, 0.3) is 22.6 Å². The number of benzene rings is 2. The topological polar surface area (TPSA) is 68.3 Å². The van der Waals surface area contributed by atoms with E-state index in [1.807, 2.05) is 49.4 Å². The number of carbonyl (C=O) groups is 1. The van der Waals surface area contributed by atoms with Gasteiger partial charge in [-0.25, -0.2) is 4.98 Å². The zero-order valence-corrected chi connectivity index (χ0v) is 12.9. The number of furan rings is 1. The van der Waals surface area contributed by atoms with Crippen LogP contribution in [0.4, 0.5) is 5.69 Å². The van der Waals surface area contributed by atoms with Gasteiger partial charge in [0.1, 0.15) is 5.52 Å². The van der Waals surface area contributed by atoms with Crippen LogP contribution >= 0.6 is 0 Å². The minimum absolute atomic E-state index is 0.265. The van der Waals surface area contributed by atoms with E-state index in [4.69, 9.17) is 8.83 Å². The fourth-order valence-corrected chi connectivity index (χ4v) is 2.58. The van der Waals surface area contributed by atoms with Gasteiger partial charge in [-0.15, -0.1) is 0 Å². The number of nitrogens with zero attached hydrogens (tertiary/aromatic N) is 1. The zero-order chi connectivity index (χ0) is 16.5. The highest BCUT2D eigenvalue weighted by Gasteiger charge is 2.15. The lowest BCUT2D eigenvalue weighted by molar-refractivity contribution is 0.0996. The van der Waals surface area contributed by atoms with Crippen LogP contribution in [0.1, 0.15) is 16.1 Å². The first-order valence-corrected chi connectivity index (χ1v) is 7.53. The first-order chi connectivity index (χ1) is 11.7. The molecule has 2 aromatic heterocycles. The summed E-state index contributed by atoms with van der Waals surface area (Å²) in [7, 11) is 0. The van der Waals surface area contributed by atoms with Crippen molar-refractivity contribution in [2.45, 2.75) is 6.92 Å². The molecule has 0 saturated heterocycles. The molecule has 5 nitrogen and oxygen atoms in total. The molecule has 5 heteroatoms. The molecule has 0 aliphatic heterocycles. The Morgan fingerprint density at radius 2 is 1.92 bits per heavy atom. The maximum atomic E-state index is 12.2. The minimum atomic E-state index is -0.294. The molecule has 2 aromatic carbocycles. The van der Waals surface area contributed by atoms with E-state index in [1.165, 1.54) is 6.26 Å². The SMILES string of the molecule is Cc1c(NC(=O)c2ccco2)cccc1-c1nc2ccccc2o1. The molecule has 0 bridgehead atoms. The van der Waals surface area contributed by atoms with Crippen molar-refractivity contribution in [3.63, 3.8) is 0 Å². The minimum Gasteiger partial charge on any atom is -0.459 e. The number of para-hydroxylation sites is 2. The van der Waals surface area contributed by atoms with Gasteiger partial charge in [0.25, 0.3) is 5.91 Å². The number of rotatable bonds is 3. The number of amides is 1. The Morgan fingerprint density at radius 3 is 2.71 bits per heavy atom. The van der Waals surface area contributed by atoms with Gasteiger partial charge in [-0.3, -0.25) is 4.79 Å². The molecule has 0 aliphatic carbocycles. The molecule has 0 atom stereocenters. The summed E-state index contributed by atoms with van der Waals surface area (Å²) in [4.78, 5) is 16.7. The molecule has 2 heterocycles. The maximum Gasteiger partial charge on any atom is 0.291 e. The highest BCUT2D eigenvalue weighted by Crippen LogP contribution is 2.30. The van der Waals surface area contributed by atoms with E-state index < -0.39 is 0 Å². The van der Waals surface area contributed by atoms with Crippen LogP contribution < -0.4 is 5.32 Å². The maximum absolute atomic E-state index is 12.2. The number of hydrogen-bond acceptors (Lipinski definition) is 4. The molecule has 4 aromatic rings. The van der Waals surface area contributed by atoms with Gasteiger partial charge in [-0.2, -0.15) is 0 Å². The van der Waals surface area contributed by atoms with Crippen molar-refractivity contribution in [2.75, 3.05) is 5.32 Å². The average molecular weight is 318 g/mol. The van der Waals surface area contributed by atoms with Gasteiger partial charge < -0.3 is 14.2 Å². The van der Waals surface area contributed by atoms with Gasteiger partial charge in [0.2, 0.25) is 5.89 Å². The summed E-state index contributed by atoms with van der Waals surface area (Å²) >= 11 is 0. The summed E-state index contributed by atoms with van der Waals surface area (Å²) < 4.78 is 10.9. The molecule has 1 N–H and O–H groups in total. The number of hydrogen-bond donors (Lipinski definition) is 1. The molecule has 0 unspecified atom stereocenters. The summed E-state index contributed by atoms with van der Waals surface area (Å²) in [5.74, 6) is 0.502. The van der Waals surface area contributed by atoms with E-state index >= 15 is 0 Å². The van der Waals surface area contributed by atoms with Crippen molar-refractivity contribution in [1.82, 2.24) is 4.98 Å². The van der Waals surface area contributed by atoms with Crippen molar-refractivity contribution in [3.05, 3.63) is 72.2 Å². The van der Waals surface area contributed by atoms with Gasteiger partial charge in [0.15, 0.2) is 11.3 Å². The van der Waals surface area contributed by atoms with E-state index in [2.05, 4.69) is 10.3 Å². The Labute approximate surface area is 137 Å². The van der Waals surface area contributed by atoms with Crippen LogP contribution in [0, 0.1) is 6.92 Å². The van der Waals surface area contributed by atoms with Crippen molar-refractivity contribution in [3.8, 4) is 11.5 Å². The number of aromatic nitrogens is 1. The lowest BCUT2D eigenvalue weighted by Gasteiger charge is -2.09. The molecular weight excluding hydrogens is 304 g/mol. The van der Waals surface area contributed by atoms with Crippen LogP contribution in [0.2, 0.25) is 0 Å². The Morgan fingerprint density at radius 1 is 1.04 bits per heavy atom. The number of anilines is 1. The van der Waals surface area contributed by atoms with Gasteiger partial charge >= 0.3 is 0 Å². The first kappa shape index (κ1) is 14.3. The Kier molecular flexibility index (Phi) is 3.39. The van der Waals surface area contributed by atoms with Crippen molar-refractivity contribution >= 4 is 22.7 Å². The standard InChI is InChI=1S/C19H14N2O3/c1-12-13(19-21-15-7-2-3-9-16(15)24-19)6-4-8-14(12)20-18(22)17-10-5-11-23-17/h2-11H,1H3,(H,20,22). The van der Waals surface area contributed by atoms with E-state index in [9.17, 15) is 4.79 Å². The highest BCUT2D eigenvalue weighted by molar-refractivity contribution is 6.03. The zero-order valence-electron chi connectivity index (χ0n) is 12.9. The van der Waals surface area contributed by atoms with E-state index in [0.717, 1.165) is 22.2 Å². The largest absolute Gasteiger partial charge is 0.459 e. The van der Waals surface area contributed by atoms with Crippen LogP contribution in [-0.2, 0) is 0 Å². The third kappa shape index (κ3) is 2.46. The van der Waals surface area contributed by atoms with Crippen LogP contribution in [0.15, 0.2) is 69.7 Å². The van der Waals surface area contributed by atoms with E-state index in [-0.39, 0.29) is 11.7 Å². The molecular formula is C19H14N2O3. The quantitative estimate of drug-likeness (QED) is 0.597. The van der Waals surface area contributed by atoms with E-state index in [0.29, 0.717) is 11.6 Å². The lowest BCUT2D eigenvalue weighted by atomic mass is 10.1. The molecule has 0 aliphatic rings. The van der Waals surface area contributed by atoms with Crippen LogP contribution in [-0.4, -0.2) is 10.9 Å². The second kappa shape index (κ2) is 5.70. The van der Waals surface area contributed by atoms with Gasteiger partial charge in [-0.05, 0) is 48.9 Å². The molecule has 0 spiro atoms. The summed E-state index contributed by atoms with van der Waals surface area (Å²) in [6.07, 6.45) is 1.47. The Hall–Kier alpha value is -3.34. The monoisotopic (exact) mass is 318 g/mol. The molecule has 1 amide bonds. The molecule has 118 valence electrons. The Balaban J connectivity index is 1.71. The van der Waals surface area contributed by atoms with Gasteiger partial charge in [0.05, 0.1) is 6.26 Å². The predicted molar refractivity (Wildman–Crippen MR) is 90.8 cm³/mol. The van der Waals surface area contributed by atoms with Crippen molar-refractivity contribution < 1.29 is 13.6 Å². The average Bonchev–Trinajstić information content (AvgIpc) is 3.26. The van der Waals surface area contributed by atoms with Crippen LogP contribution in [0.5, 0.6) is 0 Å². The van der Waals surface area contributed by atoms with Gasteiger partial charge in [0, 0.05) is 11.3 Å². The predicted octanol–water partition coefficient (Wildman–Crippen LogP) is 4.65. The Bertz CT molecular complexity index is 983. The van der Waals surface area contributed by atoms with Crippen molar-refractivity contribution in [2.24, 2.45) is 0 Å². The smallest absolute Gasteiger partial charge is 0.291 e. The fourth-order valence-electron chi connectivity index (χ4n) is 2.58. The third-order valence-electron chi connectivity index (χ3n) is 3.85. The fraction of sp³-hybridized carbons (Fsp3) is 0.0526. The number of oxazole rings is 1. The summed E-state index contributed by atoms with van der Waals surface area (Å²) in [5.41, 5.74) is 3.94. The summed E-state index contributed by atoms with van der Waals surface area (Å²) in [6.45, 7) is 1.92. The second-order valence-corrected chi connectivity index (χ2v) is 5.40. The molecule has 24 heavy (non-hydrogen) atoms. The number of nitrogens with one attached hydrogen (secondary N) is 1. The lowest BCUT2D eigenvalue weighted by Crippen LogP contribution is -2.12. The van der Waals surface area contributed by atoms with Crippen LogP contribution in [0.3, 0.4) is 0 Å². The third-order valence-corrected chi connectivity index (χ3v) is 3.85. The second-order valence-electron chi connectivity index (χ2n) is 5.40. The highest BCUT2D eigenvalue weighted by atomic mass is 16.3. The number of fused-ring (bicyclic) bond motifs is 1. The van der Waals surface area contributed by atoms with Gasteiger partial charge in [-0.1, -0.05) is 18.2 Å². The normalized spacial score (nSPS) is 10.9. The summed E-state index contributed by atoms with van der Waals surface area (Å²) in [6, 6.07) is 16.5. The summed E-state index contributed by atoms with van der Waals surface area (Å²) in [5, 5.41) is 2.85. The molecule has 4 rings (SSSR count). The molecule has 0 radical (unpaired) electrons. The van der Waals surface area contributed by atoms with E-state index in [1.54, 1.807) is 12.1 Å². The molecule has 0 fully saturated rings. The molecule has 0 saturated carbocycles. The number of carbonyl (C=O) groups excluding carboxylic acids is 1.